The van der Waals surface area contributed by atoms with E-state index in [1.165, 1.54) is 0 Å². The van der Waals surface area contributed by atoms with E-state index in [-0.39, 0.29) is 0 Å². The van der Waals surface area contributed by atoms with Gasteiger partial charge in [-0.05, 0) is 20.8 Å². The Morgan fingerprint density at radius 1 is 0.524 bits per heavy atom. The van der Waals surface area contributed by atoms with Crippen LogP contribution >= 0.6 is 0 Å². The number of hydrogen-bond acceptors (Lipinski definition) is 9. The van der Waals surface area contributed by atoms with Crippen molar-refractivity contribution in [1.82, 2.24) is 13.7 Å². The first kappa shape index (κ1) is 43.6. The van der Waals surface area contributed by atoms with Gasteiger partial charge in [0.25, 0.3) is 0 Å². The van der Waals surface area contributed by atoms with Crippen molar-refractivity contribution in [1.29, 1.82) is 0 Å². The molecule has 0 bridgehead atoms. The molecule has 0 amide bonds. The summed E-state index contributed by atoms with van der Waals surface area (Å²) in [5.74, 6) is 0. The van der Waals surface area contributed by atoms with Gasteiger partial charge in [-0.1, -0.05) is 0 Å². The first-order valence-electron chi connectivity index (χ1n) is 11.7. The van der Waals surface area contributed by atoms with Gasteiger partial charge in [-0.15, -0.1) is 0 Å². The molecule has 0 N–H and O–H groups in total. The second-order valence-corrected chi connectivity index (χ2v) is 11.7. The number of halogens is 3. The molecular formula is C21H39F3N6O9S3. The topological polar surface area (TPSA) is 198 Å². The van der Waals surface area contributed by atoms with Gasteiger partial charge in [-0.2, -0.15) is 0 Å². The fourth-order valence-corrected chi connectivity index (χ4v) is 2.07. The van der Waals surface area contributed by atoms with Crippen molar-refractivity contribution in [3.05, 3.63) is 56.2 Å². The Kier molecular flexibility index (Phi) is 23.6. The fraction of sp³-hybridized carbons (Fsp3) is 0.571. The summed E-state index contributed by atoms with van der Waals surface area (Å²) in [6.07, 6.45) is 18.4. The molecule has 246 valence electrons. The molecule has 0 atom stereocenters. The van der Waals surface area contributed by atoms with Crippen molar-refractivity contribution in [3.8, 4) is 0 Å². The van der Waals surface area contributed by atoms with Gasteiger partial charge in [0.1, 0.15) is 67.5 Å². The van der Waals surface area contributed by atoms with Crippen LogP contribution in [0.4, 0.5) is 13.2 Å². The molecule has 0 aromatic carbocycles. The van der Waals surface area contributed by atoms with Crippen LogP contribution in [0, 0.1) is 0 Å². The summed E-state index contributed by atoms with van der Waals surface area (Å²) in [6, 6.07) is -5.44. The van der Waals surface area contributed by atoms with E-state index in [9.17, 15) is 13.2 Å². The molecule has 15 nitrogen and oxygen atoms in total. The predicted molar refractivity (Wildman–Crippen MR) is 141 cm³/mol. The van der Waals surface area contributed by atoms with Crippen LogP contribution in [0.15, 0.2) is 56.2 Å². The second-order valence-electron chi connectivity index (χ2n) is 7.73. The van der Waals surface area contributed by atoms with Crippen LogP contribution < -0.4 is 13.7 Å². The van der Waals surface area contributed by atoms with Gasteiger partial charge in [0.15, 0.2) is 18.0 Å². The Labute approximate surface area is 245 Å². The summed E-state index contributed by atoms with van der Waals surface area (Å²) in [5.41, 5.74) is 0. The molecule has 0 radical (unpaired) electrons. The molecule has 21 heteroatoms. The molecule has 42 heavy (non-hydrogen) atoms. The minimum Gasteiger partial charge on any atom is -0.746 e. The SMILES string of the molecule is CCn1cc[n+](C)c1.CCn1cc[n+](C)c1.CCn1cc[n+](C)c1.O=S(=O)([O-])CF.O=S(=O)([O-])CF.O=S(=O)([O-])CF. The van der Waals surface area contributed by atoms with Gasteiger partial charge in [0, 0.05) is 0 Å². The molecule has 3 rings (SSSR count). The molecule has 3 aromatic heterocycles. The van der Waals surface area contributed by atoms with Crippen molar-refractivity contribution >= 4 is 30.4 Å². The third kappa shape index (κ3) is 31.7. The summed E-state index contributed by atoms with van der Waals surface area (Å²) in [7, 11) is -7.68. The van der Waals surface area contributed by atoms with Crippen LogP contribution in [-0.4, -0.2) is 70.6 Å². The molecule has 0 spiro atoms. The van der Waals surface area contributed by atoms with E-state index in [4.69, 9.17) is 38.9 Å². The molecule has 0 unspecified atom stereocenters. The maximum absolute atomic E-state index is 10.6. The third-order valence-electron chi connectivity index (χ3n) is 3.97. The largest absolute Gasteiger partial charge is 0.746 e. The highest BCUT2D eigenvalue weighted by Crippen LogP contribution is 1.81. The van der Waals surface area contributed by atoms with E-state index in [2.05, 4.69) is 72.0 Å². The Bertz CT molecular complexity index is 1250. The highest BCUT2D eigenvalue weighted by Gasteiger charge is 1.94. The summed E-state index contributed by atoms with van der Waals surface area (Å²) in [6.45, 7) is 9.54. The zero-order chi connectivity index (χ0) is 33.6. The lowest BCUT2D eigenvalue weighted by Crippen LogP contribution is -2.23. The summed E-state index contributed by atoms with van der Waals surface area (Å²) in [5, 5.41) is 0. The van der Waals surface area contributed by atoms with E-state index in [0.29, 0.717) is 0 Å². The zero-order valence-electron chi connectivity index (χ0n) is 24.2. The van der Waals surface area contributed by atoms with Gasteiger partial charge in [-0.3, -0.25) is 0 Å². The quantitative estimate of drug-likeness (QED) is 0.242. The zero-order valence-corrected chi connectivity index (χ0v) is 26.6. The van der Waals surface area contributed by atoms with Crippen LogP contribution in [0.1, 0.15) is 20.8 Å². The van der Waals surface area contributed by atoms with Crippen molar-refractivity contribution in [2.24, 2.45) is 21.1 Å². The predicted octanol–water partition coefficient (Wildman–Crippen LogP) is -0.627. The Morgan fingerprint density at radius 2 is 0.690 bits per heavy atom. The van der Waals surface area contributed by atoms with Crippen molar-refractivity contribution in [3.63, 3.8) is 0 Å². The van der Waals surface area contributed by atoms with Gasteiger partial charge < -0.3 is 13.7 Å². The van der Waals surface area contributed by atoms with E-state index < -0.39 is 48.4 Å². The lowest BCUT2D eigenvalue weighted by Gasteiger charge is -1.94. The van der Waals surface area contributed by atoms with Crippen molar-refractivity contribution < 1.29 is 65.8 Å². The average Bonchev–Trinajstić information content (AvgIpc) is 3.65. The number of alkyl halides is 3. The van der Waals surface area contributed by atoms with E-state index in [1.807, 2.05) is 53.4 Å². The average molecular weight is 673 g/mol. The Hall–Kier alpha value is -2.85. The normalized spacial score (nSPS) is 10.6. The fourth-order valence-electron chi connectivity index (χ4n) is 2.07. The Balaban J connectivity index is -0.000000438. The summed E-state index contributed by atoms with van der Waals surface area (Å²) >= 11 is 0. The van der Waals surface area contributed by atoms with Crippen LogP contribution in [0.2, 0.25) is 0 Å². The van der Waals surface area contributed by atoms with E-state index in [0.717, 1.165) is 19.6 Å². The van der Waals surface area contributed by atoms with Crippen LogP contribution in [0.5, 0.6) is 0 Å². The van der Waals surface area contributed by atoms with Gasteiger partial charge in [-0.25, -0.2) is 65.8 Å². The molecule has 3 aromatic rings. The standard InChI is InChI=1S/3C6H11N2.3CH3FO3S/c3*1-3-8-5-4-7(2)6-8;3*2-1-6(3,4)5/h3*4-6H,3H2,1-2H3;3*1H2,(H,3,4,5)/q3*+1;;;/p-3. The molecule has 0 fully saturated rings. The van der Waals surface area contributed by atoms with Gasteiger partial charge >= 0.3 is 0 Å². The van der Waals surface area contributed by atoms with Gasteiger partial charge in [0.05, 0.1) is 40.8 Å². The summed E-state index contributed by atoms with van der Waals surface area (Å²) < 4.78 is 126. The van der Waals surface area contributed by atoms with E-state index >= 15 is 0 Å². The minimum atomic E-state index is -4.58. The lowest BCUT2D eigenvalue weighted by atomic mass is 10.7. The monoisotopic (exact) mass is 672 g/mol. The van der Waals surface area contributed by atoms with Crippen molar-refractivity contribution in [2.75, 3.05) is 18.0 Å². The minimum absolute atomic E-state index is 1.06. The first-order valence-corrected chi connectivity index (χ1v) is 16.4. The molecule has 0 saturated carbocycles. The van der Waals surface area contributed by atoms with Crippen LogP contribution in [-0.2, 0) is 71.1 Å². The van der Waals surface area contributed by atoms with Crippen LogP contribution in [0.3, 0.4) is 0 Å². The number of rotatable bonds is 6. The molecular weight excluding hydrogens is 633 g/mol. The molecule has 3 heterocycles. The second kappa shape index (κ2) is 22.7. The number of imidazole rings is 3. The molecule has 0 aliphatic heterocycles. The van der Waals surface area contributed by atoms with Crippen LogP contribution in [0.25, 0.3) is 0 Å². The highest BCUT2D eigenvalue weighted by atomic mass is 32.2. The maximum Gasteiger partial charge on any atom is 0.243 e. The molecule has 0 saturated heterocycles. The first-order chi connectivity index (χ1) is 19.2. The van der Waals surface area contributed by atoms with E-state index in [1.54, 1.807) is 0 Å². The number of hydrogen-bond donors (Lipinski definition) is 0. The smallest absolute Gasteiger partial charge is 0.243 e. The third-order valence-corrected chi connectivity index (χ3v) is 4.77. The van der Waals surface area contributed by atoms with Gasteiger partial charge in [0.2, 0.25) is 19.0 Å². The van der Waals surface area contributed by atoms with Crippen molar-refractivity contribution in [2.45, 2.75) is 40.4 Å². The molecule has 0 aliphatic carbocycles. The maximum atomic E-state index is 10.6. The summed E-state index contributed by atoms with van der Waals surface area (Å²) in [4.78, 5) is 0. The number of aryl methyl sites for hydroxylation is 6. The number of nitrogens with zero attached hydrogens (tertiary/aromatic N) is 6. The Morgan fingerprint density at radius 3 is 0.738 bits per heavy atom. The molecule has 0 aliphatic rings. The number of aromatic nitrogens is 6. The highest BCUT2D eigenvalue weighted by molar-refractivity contribution is 7.85. The lowest BCUT2D eigenvalue weighted by molar-refractivity contribution is -0.671.